The maximum absolute atomic E-state index is 12.0. The van der Waals surface area contributed by atoms with Gasteiger partial charge in [-0.1, -0.05) is 0 Å². The number of ether oxygens (including phenoxy) is 1. The fourth-order valence-electron chi connectivity index (χ4n) is 2.08. The van der Waals surface area contributed by atoms with Crippen LogP contribution >= 0.6 is 11.3 Å². The van der Waals surface area contributed by atoms with Crippen molar-refractivity contribution in [2.45, 2.75) is 13.5 Å². The minimum atomic E-state index is -0.530. The highest BCUT2D eigenvalue weighted by Crippen LogP contribution is 2.12. The molecule has 0 saturated carbocycles. The van der Waals surface area contributed by atoms with Crippen LogP contribution in [0.15, 0.2) is 46.7 Å². The average Bonchev–Trinajstić information content (AvgIpc) is 3.02. The summed E-state index contributed by atoms with van der Waals surface area (Å²) in [5, 5.41) is 4.37. The molecule has 0 aliphatic carbocycles. The lowest BCUT2D eigenvalue weighted by Crippen LogP contribution is -2.14. The second kappa shape index (κ2) is 6.63. The van der Waals surface area contributed by atoms with Crippen LogP contribution in [-0.2, 0) is 16.1 Å². The zero-order chi connectivity index (χ0) is 17.1. The average molecular weight is 343 g/mol. The third-order valence-corrected chi connectivity index (χ3v) is 3.90. The van der Waals surface area contributed by atoms with Crippen LogP contribution in [0.25, 0.3) is 4.96 Å². The Bertz CT molecular complexity index is 959. The van der Waals surface area contributed by atoms with Crippen molar-refractivity contribution < 1.29 is 14.3 Å². The van der Waals surface area contributed by atoms with Crippen LogP contribution in [0.3, 0.4) is 0 Å². The van der Waals surface area contributed by atoms with Gasteiger partial charge in [-0.15, -0.1) is 11.3 Å². The number of amides is 1. The number of nitrogens with one attached hydrogen (secondary N) is 1. The SMILES string of the molecule is CC(=O)Nc1ccc(C(=O)OCc2cc(=O)n3ccsc3n2)cc1. The molecular formula is C16H13N3O4S. The lowest BCUT2D eigenvalue weighted by molar-refractivity contribution is -0.114. The summed E-state index contributed by atoms with van der Waals surface area (Å²) in [6, 6.07) is 7.67. The van der Waals surface area contributed by atoms with Gasteiger partial charge in [-0.05, 0) is 24.3 Å². The molecule has 122 valence electrons. The van der Waals surface area contributed by atoms with Gasteiger partial charge in [-0.25, -0.2) is 9.78 Å². The number of thiazole rings is 1. The largest absolute Gasteiger partial charge is 0.456 e. The van der Waals surface area contributed by atoms with Gasteiger partial charge in [0, 0.05) is 30.3 Å². The quantitative estimate of drug-likeness (QED) is 0.733. The number of nitrogens with zero attached hydrogens (tertiary/aromatic N) is 2. The van der Waals surface area contributed by atoms with Gasteiger partial charge >= 0.3 is 5.97 Å². The number of esters is 1. The standard InChI is InChI=1S/C16H13N3O4S/c1-10(20)17-12-4-2-11(3-5-12)15(22)23-9-13-8-14(21)19-6-7-24-16(19)18-13/h2-8H,9H2,1H3,(H,17,20). The van der Waals surface area contributed by atoms with Gasteiger partial charge in [0.2, 0.25) is 5.91 Å². The molecule has 2 aromatic heterocycles. The van der Waals surface area contributed by atoms with Crippen molar-refractivity contribution >= 4 is 33.9 Å². The van der Waals surface area contributed by atoms with E-state index in [1.807, 2.05) is 0 Å². The Morgan fingerprint density at radius 1 is 1.29 bits per heavy atom. The van der Waals surface area contributed by atoms with E-state index < -0.39 is 5.97 Å². The van der Waals surface area contributed by atoms with E-state index in [2.05, 4.69) is 10.3 Å². The van der Waals surface area contributed by atoms with Crippen molar-refractivity contribution in [2.24, 2.45) is 0 Å². The van der Waals surface area contributed by atoms with Gasteiger partial charge < -0.3 is 10.1 Å². The highest BCUT2D eigenvalue weighted by atomic mass is 32.1. The highest BCUT2D eigenvalue weighted by Gasteiger charge is 2.10. The first kappa shape index (κ1) is 15.9. The van der Waals surface area contributed by atoms with Gasteiger partial charge in [0.1, 0.15) is 6.61 Å². The topological polar surface area (TPSA) is 89.8 Å². The Morgan fingerprint density at radius 2 is 2.04 bits per heavy atom. The summed E-state index contributed by atoms with van der Waals surface area (Å²) in [5.41, 5.74) is 1.12. The van der Waals surface area contributed by atoms with E-state index in [0.717, 1.165) is 0 Å². The Morgan fingerprint density at radius 3 is 2.75 bits per heavy atom. The molecule has 1 amide bonds. The normalized spacial score (nSPS) is 10.5. The number of hydrogen-bond donors (Lipinski definition) is 1. The summed E-state index contributed by atoms with van der Waals surface area (Å²) in [5.74, 6) is -0.718. The number of carbonyl (C=O) groups excluding carboxylic acids is 2. The van der Waals surface area contributed by atoms with Gasteiger partial charge in [0.25, 0.3) is 5.56 Å². The predicted molar refractivity (Wildman–Crippen MR) is 89.2 cm³/mol. The van der Waals surface area contributed by atoms with Gasteiger partial charge in [0.05, 0.1) is 11.3 Å². The van der Waals surface area contributed by atoms with Crippen LogP contribution in [-0.4, -0.2) is 21.3 Å². The van der Waals surface area contributed by atoms with Crippen molar-refractivity contribution in [1.29, 1.82) is 0 Å². The first-order chi connectivity index (χ1) is 11.5. The van der Waals surface area contributed by atoms with E-state index in [-0.39, 0.29) is 18.1 Å². The van der Waals surface area contributed by atoms with Crippen LogP contribution in [0.4, 0.5) is 5.69 Å². The summed E-state index contributed by atoms with van der Waals surface area (Å²) < 4.78 is 6.61. The second-order valence-electron chi connectivity index (χ2n) is 4.98. The van der Waals surface area contributed by atoms with E-state index in [1.54, 1.807) is 35.8 Å². The number of hydrogen-bond acceptors (Lipinski definition) is 6. The molecule has 0 saturated heterocycles. The third kappa shape index (κ3) is 3.49. The molecular weight excluding hydrogens is 330 g/mol. The highest BCUT2D eigenvalue weighted by molar-refractivity contribution is 7.15. The number of carbonyl (C=O) groups is 2. The molecule has 0 radical (unpaired) electrons. The van der Waals surface area contributed by atoms with Crippen molar-refractivity contribution in [3.05, 3.63) is 63.5 Å². The monoisotopic (exact) mass is 343 g/mol. The molecule has 2 heterocycles. The Balaban J connectivity index is 1.68. The van der Waals surface area contributed by atoms with Crippen LogP contribution in [0.2, 0.25) is 0 Å². The number of anilines is 1. The number of fused-ring (bicyclic) bond motifs is 1. The Hall–Kier alpha value is -3.00. The Labute approximate surface area is 140 Å². The van der Waals surface area contributed by atoms with Crippen LogP contribution in [0.1, 0.15) is 23.0 Å². The zero-order valence-electron chi connectivity index (χ0n) is 12.7. The van der Waals surface area contributed by atoms with Crippen molar-refractivity contribution in [3.63, 3.8) is 0 Å². The second-order valence-corrected chi connectivity index (χ2v) is 5.85. The molecule has 1 N–H and O–H groups in total. The molecule has 24 heavy (non-hydrogen) atoms. The molecule has 0 spiro atoms. The van der Waals surface area contributed by atoms with E-state index in [9.17, 15) is 14.4 Å². The molecule has 0 fully saturated rings. The van der Waals surface area contributed by atoms with Crippen LogP contribution < -0.4 is 10.9 Å². The minimum absolute atomic E-state index is 0.0874. The smallest absolute Gasteiger partial charge is 0.338 e. The summed E-state index contributed by atoms with van der Waals surface area (Å²) in [6.45, 7) is 1.32. The van der Waals surface area contributed by atoms with Crippen LogP contribution in [0, 0.1) is 0 Å². The first-order valence-electron chi connectivity index (χ1n) is 7.03. The molecule has 0 unspecified atom stereocenters. The first-order valence-corrected chi connectivity index (χ1v) is 7.91. The van der Waals surface area contributed by atoms with Gasteiger partial charge in [0.15, 0.2) is 4.96 Å². The molecule has 0 bridgehead atoms. The maximum Gasteiger partial charge on any atom is 0.338 e. The van der Waals surface area contributed by atoms with E-state index in [0.29, 0.717) is 21.9 Å². The van der Waals surface area contributed by atoms with Gasteiger partial charge in [-0.3, -0.25) is 14.0 Å². The molecule has 8 heteroatoms. The summed E-state index contributed by atoms with van der Waals surface area (Å²) in [4.78, 5) is 39.7. The van der Waals surface area contributed by atoms with Crippen molar-refractivity contribution in [3.8, 4) is 0 Å². The molecule has 0 aliphatic heterocycles. The van der Waals surface area contributed by atoms with E-state index in [1.165, 1.54) is 28.7 Å². The molecule has 3 aromatic rings. The van der Waals surface area contributed by atoms with Crippen molar-refractivity contribution in [1.82, 2.24) is 9.38 Å². The number of rotatable bonds is 4. The number of aromatic nitrogens is 2. The summed E-state index contributed by atoms with van der Waals surface area (Å²) in [7, 11) is 0. The van der Waals surface area contributed by atoms with E-state index in [4.69, 9.17) is 4.74 Å². The molecule has 0 aliphatic rings. The predicted octanol–water partition coefficient (Wildman–Crippen LogP) is 2.07. The maximum atomic E-state index is 12.0. The molecule has 1 aromatic carbocycles. The number of benzene rings is 1. The molecule has 7 nitrogen and oxygen atoms in total. The van der Waals surface area contributed by atoms with E-state index >= 15 is 0 Å². The van der Waals surface area contributed by atoms with Gasteiger partial charge in [-0.2, -0.15) is 0 Å². The Kier molecular flexibility index (Phi) is 4.39. The molecule has 3 rings (SSSR count). The van der Waals surface area contributed by atoms with Crippen molar-refractivity contribution in [2.75, 3.05) is 5.32 Å². The molecule has 0 atom stereocenters. The minimum Gasteiger partial charge on any atom is -0.456 e. The summed E-state index contributed by atoms with van der Waals surface area (Å²) >= 11 is 1.33. The van der Waals surface area contributed by atoms with Crippen LogP contribution in [0.5, 0.6) is 0 Å². The lowest BCUT2D eigenvalue weighted by atomic mass is 10.2. The fraction of sp³-hybridized carbons (Fsp3) is 0.125. The third-order valence-electron chi connectivity index (χ3n) is 3.15. The lowest BCUT2D eigenvalue weighted by Gasteiger charge is -2.06. The summed E-state index contributed by atoms with van der Waals surface area (Å²) in [6.07, 6.45) is 1.64. The zero-order valence-corrected chi connectivity index (χ0v) is 13.5. The fourth-order valence-corrected chi connectivity index (χ4v) is 2.82.